The molecule has 6 nitrogen and oxygen atoms in total. The van der Waals surface area contributed by atoms with E-state index in [0.29, 0.717) is 18.5 Å². The normalized spacial score (nSPS) is 16.0. The summed E-state index contributed by atoms with van der Waals surface area (Å²) in [7, 11) is -3.90. The number of amidine groups is 1. The molecule has 1 heterocycles. The van der Waals surface area contributed by atoms with Crippen molar-refractivity contribution in [1.29, 1.82) is 0 Å². The lowest BCUT2D eigenvalue weighted by molar-refractivity contribution is -0.113. The van der Waals surface area contributed by atoms with E-state index < -0.39 is 10.0 Å². The van der Waals surface area contributed by atoms with Crippen LogP contribution in [0.4, 0.5) is 5.69 Å². The SMILES string of the molecule is O=C(CCC(CCO)c1ccccc1)C1=NS(=O)(=O)c2cc(I)ccc2N1. The zero-order valence-corrected chi connectivity index (χ0v) is 17.4. The zero-order chi connectivity index (χ0) is 19.4. The highest BCUT2D eigenvalue weighted by Gasteiger charge is 2.28. The summed E-state index contributed by atoms with van der Waals surface area (Å²) in [6, 6.07) is 14.6. The van der Waals surface area contributed by atoms with Gasteiger partial charge in [0.2, 0.25) is 0 Å². The lowest BCUT2D eigenvalue weighted by Crippen LogP contribution is -2.29. The fourth-order valence-corrected chi connectivity index (χ4v) is 4.90. The van der Waals surface area contributed by atoms with Crippen LogP contribution in [0.15, 0.2) is 57.8 Å². The highest BCUT2D eigenvalue weighted by atomic mass is 127. The third kappa shape index (κ3) is 4.74. The number of rotatable bonds is 7. The van der Waals surface area contributed by atoms with Gasteiger partial charge in [0.05, 0.1) is 5.69 Å². The van der Waals surface area contributed by atoms with Crippen LogP contribution in [0.3, 0.4) is 0 Å². The van der Waals surface area contributed by atoms with E-state index in [0.717, 1.165) is 9.13 Å². The number of carbonyl (C=O) groups excluding carboxylic acids is 1. The van der Waals surface area contributed by atoms with Crippen molar-refractivity contribution in [3.63, 3.8) is 0 Å². The van der Waals surface area contributed by atoms with Gasteiger partial charge in [0.25, 0.3) is 10.0 Å². The number of aliphatic hydroxyl groups is 1. The largest absolute Gasteiger partial charge is 0.396 e. The van der Waals surface area contributed by atoms with E-state index in [9.17, 15) is 18.3 Å². The van der Waals surface area contributed by atoms with Crippen LogP contribution < -0.4 is 5.32 Å². The topological polar surface area (TPSA) is 95.8 Å². The summed E-state index contributed by atoms with van der Waals surface area (Å²) in [4.78, 5) is 12.7. The van der Waals surface area contributed by atoms with Crippen LogP contribution in [0.25, 0.3) is 0 Å². The molecule has 142 valence electrons. The van der Waals surface area contributed by atoms with Gasteiger partial charge < -0.3 is 10.4 Å². The average molecular weight is 498 g/mol. The Morgan fingerprint density at radius 1 is 1.15 bits per heavy atom. The first kappa shape index (κ1) is 20.0. The van der Waals surface area contributed by atoms with Crippen molar-refractivity contribution in [2.75, 3.05) is 11.9 Å². The minimum atomic E-state index is -3.90. The van der Waals surface area contributed by atoms with E-state index in [1.807, 2.05) is 52.9 Å². The van der Waals surface area contributed by atoms with Gasteiger partial charge in [-0.05, 0) is 65.1 Å². The van der Waals surface area contributed by atoms with Crippen molar-refractivity contribution in [3.8, 4) is 0 Å². The smallest absolute Gasteiger partial charge is 0.286 e. The Bertz CT molecular complexity index is 974. The van der Waals surface area contributed by atoms with Gasteiger partial charge in [-0.2, -0.15) is 8.42 Å². The molecular formula is C19H19IN2O4S. The molecule has 1 aliphatic heterocycles. The summed E-state index contributed by atoms with van der Waals surface area (Å²) in [5, 5.41) is 12.2. The Morgan fingerprint density at radius 3 is 2.59 bits per heavy atom. The molecule has 2 aromatic carbocycles. The Hall–Kier alpha value is -1.78. The van der Waals surface area contributed by atoms with Gasteiger partial charge in [-0.15, -0.1) is 4.40 Å². The van der Waals surface area contributed by atoms with Crippen molar-refractivity contribution in [2.24, 2.45) is 4.40 Å². The summed E-state index contributed by atoms with van der Waals surface area (Å²) >= 11 is 2.03. The number of Topliss-reactive ketones (excluding diaryl/α,β-unsaturated/α-hetero) is 1. The fourth-order valence-electron chi connectivity index (χ4n) is 3.04. The van der Waals surface area contributed by atoms with E-state index in [2.05, 4.69) is 9.71 Å². The van der Waals surface area contributed by atoms with E-state index in [-0.39, 0.29) is 35.5 Å². The maximum atomic E-state index is 12.6. The summed E-state index contributed by atoms with van der Waals surface area (Å²) in [5.74, 6) is -0.490. The number of hydrogen-bond donors (Lipinski definition) is 2. The van der Waals surface area contributed by atoms with Crippen molar-refractivity contribution < 1.29 is 18.3 Å². The minimum Gasteiger partial charge on any atom is -0.396 e. The van der Waals surface area contributed by atoms with Crippen molar-refractivity contribution in [1.82, 2.24) is 0 Å². The molecule has 27 heavy (non-hydrogen) atoms. The van der Waals surface area contributed by atoms with Crippen LogP contribution in [0.2, 0.25) is 0 Å². The van der Waals surface area contributed by atoms with E-state index in [1.54, 1.807) is 12.1 Å². The minimum absolute atomic E-state index is 0.0212. The van der Waals surface area contributed by atoms with Gasteiger partial charge in [0.15, 0.2) is 11.6 Å². The summed E-state index contributed by atoms with van der Waals surface area (Å²) in [6.07, 6.45) is 1.18. The Labute approximate surface area is 171 Å². The second kappa shape index (κ2) is 8.49. The molecule has 3 rings (SSSR count). The number of fused-ring (bicyclic) bond motifs is 1. The first-order valence-electron chi connectivity index (χ1n) is 8.51. The molecule has 1 aliphatic rings. The first-order chi connectivity index (χ1) is 12.9. The van der Waals surface area contributed by atoms with Crippen LogP contribution in [0, 0.1) is 3.57 Å². The third-order valence-corrected chi connectivity index (χ3v) is 6.41. The van der Waals surface area contributed by atoms with E-state index in [4.69, 9.17) is 0 Å². The van der Waals surface area contributed by atoms with E-state index in [1.165, 1.54) is 6.07 Å². The van der Waals surface area contributed by atoms with Crippen molar-refractivity contribution >= 4 is 49.9 Å². The molecule has 0 bridgehead atoms. The van der Waals surface area contributed by atoms with Gasteiger partial charge in [-0.3, -0.25) is 4.79 Å². The lowest BCUT2D eigenvalue weighted by atomic mass is 9.90. The van der Waals surface area contributed by atoms with E-state index >= 15 is 0 Å². The van der Waals surface area contributed by atoms with Crippen LogP contribution in [-0.4, -0.2) is 31.8 Å². The lowest BCUT2D eigenvalue weighted by Gasteiger charge is -2.19. The molecule has 0 aliphatic carbocycles. The fraction of sp³-hybridized carbons (Fsp3) is 0.263. The Balaban J connectivity index is 1.75. The number of ketones is 1. The van der Waals surface area contributed by atoms with Crippen molar-refractivity contribution in [2.45, 2.75) is 30.1 Å². The number of benzene rings is 2. The van der Waals surface area contributed by atoms with Crippen LogP contribution >= 0.6 is 22.6 Å². The van der Waals surface area contributed by atoms with Gasteiger partial charge in [0, 0.05) is 16.6 Å². The first-order valence-corrected chi connectivity index (χ1v) is 11.0. The molecule has 2 aromatic rings. The Kier molecular flexibility index (Phi) is 6.28. The summed E-state index contributed by atoms with van der Waals surface area (Å²) in [5.41, 5.74) is 1.41. The summed E-state index contributed by atoms with van der Waals surface area (Å²) < 4.78 is 29.2. The molecule has 0 spiro atoms. The number of anilines is 1. The third-order valence-electron chi connectivity index (χ3n) is 4.42. The molecule has 1 atom stereocenters. The number of nitrogens with zero attached hydrogens (tertiary/aromatic N) is 1. The standard InChI is InChI=1S/C19H19IN2O4S/c20-15-7-8-16-18(12-15)27(25,26)22-19(21-16)17(24)9-6-14(10-11-23)13-4-2-1-3-5-13/h1-5,7-8,12,14,23H,6,9-11H2,(H,21,22). The molecule has 0 saturated heterocycles. The molecule has 0 amide bonds. The quantitative estimate of drug-likeness (QED) is 0.572. The molecule has 1 unspecified atom stereocenters. The Morgan fingerprint density at radius 2 is 1.89 bits per heavy atom. The number of carbonyl (C=O) groups is 1. The number of hydrogen-bond acceptors (Lipinski definition) is 5. The van der Waals surface area contributed by atoms with Crippen molar-refractivity contribution in [3.05, 3.63) is 57.7 Å². The molecule has 2 N–H and O–H groups in total. The zero-order valence-electron chi connectivity index (χ0n) is 14.4. The predicted octanol–water partition coefficient (Wildman–Crippen LogP) is 3.32. The monoisotopic (exact) mass is 498 g/mol. The van der Waals surface area contributed by atoms with Gasteiger partial charge in [-0.25, -0.2) is 0 Å². The molecule has 0 aromatic heterocycles. The number of aliphatic hydroxyl groups excluding tert-OH is 1. The van der Waals surface area contributed by atoms with Gasteiger partial charge >= 0.3 is 0 Å². The van der Waals surface area contributed by atoms with Gasteiger partial charge in [-0.1, -0.05) is 30.3 Å². The summed E-state index contributed by atoms with van der Waals surface area (Å²) in [6.45, 7) is 0.0212. The van der Waals surface area contributed by atoms with Gasteiger partial charge in [0.1, 0.15) is 4.90 Å². The molecule has 0 fully saturated rings. The highest BCUT2D eigenvalue weighted by molar-refractivity contribution is 14.1. The van der Waals surface area contributed by atoms with Crippen LogP contribution in [0.1, 0.15) is 30.7 Å². The number of sulfonamides is 1. The maximum absolute atomic E-state index is 12.6. The molecule has 0 radical (unpaired) electrons. The maximum Gasteiger partial charge on any atom is 0.286 e. The number of nitrogens with one attached hydrogen (secondary N) is 1. The predicted molar refractivity (Wildman–Crippen MR) is 113 cm³/mol. The van der Waals surface area contributed by atoms with Crippen LogP contribution in [-0.2, 0) is 14.8 Å². The molecule has 8 heteroatoms. The second-order valence-electron chi connectivity index (χ2n) is 6.26. The highest BCUT2D eigenvalue weighted by Crippen LogP contribution is 2.30. The molecule has 0 saturated carbocycles. The number of halogens is 1. The molecular weight excluding hydrogens is 479 g/mol. The second-order valence-corrected chi connectivity index (χ2v) is 9.08. The van der Waals surface area contributed by atoms with Crippen LogP contribution in [0.5, 0.6) is 0 Å². The average Bonchev–Trinajstić information content (AvgIpc) is 2.65.